The molecule has 0 fully saturated rings. The Bertz CT molecular complexity index is 555. The van der Waals surface area contributed by atoms with E-state index in [0.717, 1.165) is 11.9 Å². The van der Waals surface area contributed by atoms with Crippen LogP contribution in [0.3, 0.4) is 0 Å². The van der Waals surface area contributed by atoms with Gasteiger partial charge in [-0.2, -0.15) is 5.10 Å². The van der Waals surface area contributed by atoms with E-state index in [0.29, 0.717) is 18.5 Å². The SMILES string of the molecule is CC(NCCc1ncn(C)n1)c1ccc(F)cc1O. The number of hydrogen-bond donors (Lipinski definition) is 2. The average molecular weight is 264 g/mol. The number of halogens is 1. The number of benzene rings is 1. The van der Waals surface area contributed by atoms with Gasteiger partial charge in [0.05, 0.1) is 0 Å². The number of nitrogens with one attached hydrogen (secondary N) is 1. The molecule has 1 heterocycles. The van der Waals surface area contributed by atoms with Gasteiger partial charge < -0.3 is 10.4 Å². The number of aromatic hydroxyl groups is 1. The molecule has 1 aromatic heterocycles. The fourth-order valence-corrected chi connectivity index (χ4v) is 1.89. The van der Waals surface area contributed by atoms with Crippen molar-refractivity contribution in [2.45, 2.75) is 19.4 Å². The highest BCUT2D eigenvalue weighted by molar-refractivity contribution is 5.34. The Morgan fingerprint density at radius 3 is 2.89 bits per heavy atom. The molecule has 2 aromatic rings. The average Bonchev–Trinajstić information content (AvgIpc) is 2.75. The molecular formula is C13H17FN4O. The Morgan fingerprint density at radius 2 is 2.26 bits per heavy atom. The van der Waals surface area contributed by atoms with Crippen LogP contribution in [0.4, 0.5) is 4.39 Å². The normalized spacial score (nSPS) is 12.6. The monoisotopic (exact) mass is 264 g/mol. The van der Waals surface area contributed by atoms with Crippen molar-refractivity contribution in [2.24, 2.45) is 7.05 Å². The predicted octanol–water partition coefficient (Wildman–Crippen LogP) is 1.55. The van der Waals surface area contributed by atoms with Crippen molar-refractivity contribution in [2.75, 3.05) is 6.54 Å². The van der Waals surface area contributed by atoms with Gasteiger partial charge in [0.25, 0.3) is 0 Å². The van der Waals surface area contributed by atoms with E-state index in [1.165, 1.54) is 6.07 Å². The van der Waals surface area contributed by atoms with E-state index in [1.807, 2.05) is 14.0 Å². The third-order valence-corrected chi connectivity index (χ3v) is 2.91. The van der Waals surface area contributed by atoms with Gasteiger partial charge in [-0.05, 0) is 13.0 Å². The first-order valence-corrected chi connectivity index (χ1v) is 6.12. The fourth-order valence-electron chi connectivity index (χ4n) is 1.89. The van der Waals surface area contributed by atoms with Crippen LogP contribution in [0.25, 0.3) is 0 Å². The van der Waals surface area contributed by atoms with Crippen LogP contribution in [-0.2, 0) is 13.5 Å². The quantitative estimate of drug-likeness (QED) is 0.860. The topological polar surface area (TPSA) is 63.0 Å². The molecule has 0 spiro atoms. The van der Waals surface area contributed by atoms with Crippen molar-refractivity contribution >= 4 is 0 Å². The van der Waals surface area contributed by atoms with Gasteiger partial charge in [0.1, 0.15) is 17.9 Å². The molecule has 6 heteroatoms. The molecule has 0 radical (unpaired) electrons. The Hall–Kier alpha value is -1.95. The molecule has 0 bridgehead atoms. The van der Waals surface area contributed by atoms with Gasteiger partial charge >= 0.3 is 0 Å². The molecule has 19 heavy (non-hydrogen) atoms. The first-order valence-electron chi connectivity index (χ1n) is 6.12. The Kier molecular flexibility index (Phi) is 4.11. The summed E-state index contributed by atoms with van der Waals surface area (Å²) in [4.78, 5) is 4.13. The molecule has 0 aliphatic carbocycles. The Labute approximate surface area is 111 Å². The zero-order chi connectivity index (χ0) is 13.8. The van der Waals surface area contributed by atoms with Crippen molar-refractivity contribution in [3.63, 3.8) is 0 Å². The summed E-state index contributed by atoms with van der Waals surface area (Å²) in [7, 11) is 1.82. The smallest absolute Gasteiger partial charge is 0.151 e. The van der Waals surface area contributed by atoms with Gasteiger partial charge in [0.15, 0.2) is 5.82 Å². The van der Waals surface area contributed by atoms with Crippen molar-refractivity contribution in [1.82, 2.24) is 20.1 Å². The lowest BCUT2D eigenvalue weighted by Gasteiger charge is -2.15. The molecule has 0 aliphatic rings. The molecule has 5 nitrogen and oxygen atoms in total. The highest BCUT2D eigenvalue weighted by atomic mass is 19.1. The molecule has 2 N–H and O–H groups in total. The van der Waals surface area contributed by atoms with E-state index < -0.39 is 5.82 Å². The molecule has 1 atom stereocenters. The Balaban J connectivity index is 1.88. The third-order valence-electron chi connectivity index (χ3n) is 2.91. The second kappa shape index (κ2) is 5.79. The fraction of sp³-hybridized carbons (Fsp3) is 0.385. The zero-order valence-electron chi connectivity index (χ0n) is 11.0. The number of phenols is 1. The van der Waals surface area contributed by atoms with Gasteiger partial charge in [0.2, 0.25) is 0 Å². The van der Waals surface area contributed by atoms with Crippen LogP contribution in [0.5, 0.6) is 5.75 Å². The van der Waals surface area contributed by atoms with E-state index in [1.54, 1.807) is 17.1 Å². The van der Waals surface area contributed by atoms with Crippen LogP contribution in [0.2, 0.25) is 0 Å². The summed E-state index contributed by atoms with van der Waals surface area (Å²) in [5, 5.41) is 17.1. The molecule has 0 aliphatic heterocycles. The summed E-state index contributed by atoms with van der Waals surface area (Å²) in [5.74, 6) is 0.299. The molecule has 0 saturated heterocycles. The standard InChI is InChI=1S/C13H17FN4O/c1-9(11-4-3-10(14)7-12(11)19)15-6-5-13-16-8-18(2)17-13/h3-4,7-9,15,19H,5-6H2,1-2H3. The number of phenolic OH excluding ortho intramolecular Hbond substituents is 1. The van der Waals surface area contributed by atoms with Crippen molar-refractivity contribution in [3.8, 4) is 5.75 Å². The van der Waals surface area contributed by atoms with E-state index >= 15 is 0 Å². The lowest BCUT2D eigenvalue weighted by Crippen LogP contribution is -2.21. The number of nitrogens with zero attached hydrogens (tertiary/aromatic N) is 3. The number of aryl methyl sites for hydroxylation is 1. The predicted molar refractivity (Wildman–Crippen MR) is 69.2 cm³/mol. The lowest BCUT2D eigenvalue weighted by molar-refractivity contribution is 0.447. The van der Waals surface area contributed by atoms with Crippen LogP contribution in [0, 0.1) is 5.82 Å². The number of aromatic nitrogens is 3. The summed E-state index contributed by atoms with van der Waals surface area (Å²) in [6.07, 6.45) is 2.36. The maximum Gasteiger partial charge on any atom is 0.151 e. The second-order valence-electron chi connectivity index (χ2n) is 4.46. The summed E-state index contributed by atoms with van der Waals surface area (Å²) in [5.41, 5.74) is 0.676. The minimum absolute atomic E-state index is 0.0315. The van der Waals surface area contributed by atoms with Crippen LogP contribution < -0.4 is 5.32 Å². The first-order chi connectivity index (χ1) is 9.06. The zero-order valence-corrected chi connectivity index (χ0v) is 11.0. The summed E-state index contributed by atoms with van der Waals surface area (Å²) in [6, 6.07) is 3.98. The maximum absolute atomic E-state index is 12.9. The van der Waals surface area contributed by atoms with Gasteiger partial charge in [0, 0.05) is 37.7 Å². The highest BCUT2D eigenvalue weighted by Crippen LogP contribution is 2.24. The largest absolute Gasteiger partial charge is 0.508 e. The summed E-state index contributed by atoms with van der Waals surface area (Å²) < 4.78 is 14.5. The van der Waals surface area contributed by atoms with Crippen LogP contribution >= 0.6 is 0 Å². The number of rotatable bonds is 5. The second-order valence-corrected chi connectivity index (χ2v) is 4.46. The molecule has 1 unspecified atom stereocenters. The first kappa shape index (κ1) is 13.5. The molecule has 0 saturated carbocycles. The molecule has 2 rings (SSSR count). The summed E-state index contributed by atoms with van der Waals surface area (Å²) in [6.45, 7) is 2.60. The molecule has 0 amide bonds. The molecular weight excluding hydrogens is 247 g/mol. The Morgan fingerprint density at radius 1 is 1.47 bits per heavy atom. The van der Waals surface area contributed by atoms with Gasteiger partial charge in [-0.15, -0.1) is 0 Å². The highest BCUT2D eigenvalue weighted by Gasteiger charge is 2.10. The van der Waals surface area contributed by atoms with E-state index in [9.17, 15) is 9.50 Å². The van der Waals surface area contributed by atoms with Crippen molar-refractivity contribution < 1.29 is 9.50 Å². The number of hydrogen-bond acceptors (Lipinski definition) is 4. The lowest BCUT2D eigenvalue weighted by atomic mass is 10.1. The van der Waals surface area contributed by atoms with Gasteiger partial charge in [-0.1, -0.05) is 6.07 Å². The maximum atomic E-state index is 12.9. The molecule has 102 valence electrons. The van der Waals surface area contributed by atoms with Crippen LogP contribution in [0.1, 0.15) is 24.4 Å². The molecule has 1 aromatic carbocycles. The van der Waals surface area contributed by atoms with Gasteiger partial charge in [-0.25, -0.2) is 9.37 Å². The van der Waals surface area contributed by atoms with Crippen LogP contribution in [0.15, 0.2) is 24.5 Å². The van der Waals surface area contributed by atoms with Crippen molar-refractivity contribution in [1.29, 1.82) is 0 Å². The minimum atomic E-state index is -0.439. The van der Waals surface area contributed by atoms with Crippen molar-refractivity contribution in [3.05, 3.63) is 41.7 Å². The van der Waals surface area contributed by atoms with E-state index in [4.69, 9.17) is 0 Å². The van der Waals surface area contributed by atoms with Crippen LogP contribution in [-0.4, -0.2) is 26.4 Å². The van der Waals surface area contributed by atoms with E-state index in [-0.39, 0.29) is 11.8 Å². The third kappa shape index (κ3) is 3.51. The van der Waals surface area contributed by atoms with E-state index in [2.05, 4.69) is 15.4 Å². The minimum Gasteiger partial charge on any atom is -0.508 e. The summed E-state index contributed by atoms with van der Waals surface area (Å²) >= 11 is 0. The van der Waals surface area contributed by atoms with Gasteiger partial charge in [-0.3, -0.25) is 4.68 Å².